The van der Waals surface area contributed by atoms with Gasteiger partial charge in [0.05, 0.1) is 5.69 Å². The van der Waals surface area contributed by atoms with Gasteiger partial charge in [0.2, 0.25) is 0 Å². The third kappa shape index (κ3) is 3.21. The molecule has 4 N–H and O–H groups in total. The molecule has 2 heterocycles. The quantitative estimate of drug-likeness (QED) is 0.741. The van der Waals surface area contributed by atoms with Crippen molar-refractivity contribution in [2.45, 2.75) is 13.0 Å². The van der Waals surface area contributed by atoms with Crippen LogP contribution < -0.4 is 16.0 Å². The number of H-pyrrole nitrogens is 1. The number of rotatable bonds is 5. The van der Waals surface area contributed by atoms with E-state index in [0.717, 1.165) is 23.9 Å². The van der Waals surface area contributed by atoms with Crippen LogP contribution in [0.15, 0.2) is 30.9 Å². The molecule has 1 unspecified atom stereocenters. The Kier molecular flexibility index (Phi) is 3.78. The van der Waals surface area contributed by atoms with Gasteiger partial charge in [-0.05, 0) is 13.0 Å². The van der Waals surface area contributed by atoms with Gasteiger partial charge in [-0.3, -0.25) is 0 Å². The van der Waals surface area contributed by atoms with Crippen LogP contribution in [0.5, 0.6) is 0 Å². The topological polar surface area (TPSA) is 82.9 Å². The van der Waals surface area contributed by atoms with Crippen molar-refractivity contribution in [3.63, 3.8) is 0 Å². The van der Waals surface area contributed by atoms with E-state index >= 15 is 0 Å². The fraction of sp³-hybridized carbons (Fsp3) is 0.333. The van der Waals surface area contributed by atoms with E-state index in [9.17, 15) is 0 Å². The van der Waals surface area contributed by atoms with E-state index in [1.165, 1.54) is 0 Å². The molecule has 0 amide bonds. The molecule has 96 valence electrons. The second-order valence-electron chi connectivity index (χ2n) is 4.34. The molecular weight excluding hydrogens is 228 g/mol. The Labute approximate surface area is 106 Å². The SMILES string of the molecule is CC(N)CN(C)c1cc(Nc2cc[nH]c2)ncn1. The van der Waals surface area contributed by atoms with Gasteiger partial charge >= 0.3 is 0 Å². The molecule has 0 radical (unpaired) electrons. The first kappa shape index (κ1) is 12.4. The molecule has 0 saturated carbocycles. The van der Waals surface area contributed by atoms with Gasteiger partial charge in [-0.2, -0.15) is 0 Å². The zero-order valence-corrected chi connectivity index (χ0v) is 10.6. The van der Waals surface area contributed by atoms with Gasteiger partial charge in [-0.15, -0.1) is 0 Å². The van der Waals surface area contributed by atoms with Crippen molar-refractivity contribution in [3.05, 3.63) is 30.9 Å². The molecule has 0 aliphatic carbocycles. The molecular formula is C12H18N6. The summed E-state index contributed by atoms with van der Waals surface area (Å²) in [6, 6.07) is 3.94. The van der Waals surface area contributed by atoms with Crippen LogP contribution in [-0.2, 0) is 0 Å². The molecule has 0 aromatic carbocycles. The molecule has 0 aliphatic heterocycles. The van der Waals surface area contributed by atoms with Crippen LogP contribution in [0, 0.1) is 0 Å². The first-order valence-corrected chi connectivity index (χ1v) is 5.83. The third-order valence-electron chi connectivity index (χ3n) is 2.48. The maximum Gasteiger partial charge on any atom is 0.135 e. The highest BCUT2D eigenvalue weighted by Crippen LogP contribution is 2.17. The Hall–Kier alpha value is -2.08. The highest BCUT2D eigenvalue weighted by atomic mass is 15.2. The van der Waals surface area contributed by atoms with Gasteiger partial charge in [-0.1, -0.05) is 0 Å². The number of nitrogens with zero attached hydrogens (tertiary/aromatic N) is 3. The Balaban J connectivity index is 2.09. The molecule has 0 fully saturated rings. The first-order valence-electron chi connectivity index (χ1n) is 5.83. The Bertz CT molecular complexity index is 479. The lowest BCUT2D eigenvalue weighted by atomic mass is 10.3. The highest BCUT2D eigenvalue weighted by molar-refractivity contribution is 5.58. The highest BCUT2D eigenvalue weighted by Gasteiger charge is 2.06. The monoisotopic (exact) mass is 246 g/mol. The number of anilines is 3. The lowest BCUT2D eigenvalue weighted by molar-refractivity contribution is 0.711. The van der Waals surface area contributed by atoms with E-state index in [4.69, 9.17) is 5.73 Å². The Morgan fingerprint density at radius 1 is 1.50 bits per heavy atom. The van der Waals surface area contributed by atoms with Crippen LogP contribution in [0.25, 0.3) is 0 Å². The predicted octanol–water partition coefficient (Wildman–Crippen LogP) is 1.33. The fourth-order valence-electron chi connectivity index (χ4n) is 1.70. The zero-order valence-electron chi connectivity index (χ0n) is 10.6. The molecule has 0 saturated heterocycles. The third-order valence-corrected chi connectivity index (χ3v) is 2.48. The summed E-state index contributed by atoms with van der Waals surface area (Å²) >= 11 is 0. The number of likely N-dealkylation sites (N-methyl/N-ethyl adjacent to an activating group) is 1. The lowest BCUT2D eigenvalue weighted by Crippen LogP contribution is -2.33. The number of nitrogens with two attached hydrogens (primary N) is 1. The van der Waals surface area contributed by atoms with Crippen LogP contribution in [0.1, 0.15) is 6.92 Å². The van der Waals surface area contributed by atoms with Crippen molar-refractivity contribution in [1.29, 1.82) is 0 Å². The number of aromatic nitrogens is 3. The predicted molar refractivity (Wildman–Crippen MR) is 73.0 cm³/mol. The molecule has 0 spiro atoms. The Morgan fingerprint density at radius 2 is 2.33 bits per heavy atom. The first-order chi connectivity index (χ1) is 8.65. The number of aromatic amines is 1. The standard InChI is InChI=1S/C12H18N6/c1-9(13)7-18(2)12-5-11(15-8-16-12)17-10-3-4-14-6-10/h3-6,8-9,14H,7,13H2,1-2H3,(H,15,16,17). The summed E-state index contributed by atoms with van der Waals surface area (Å²) in [5.41, 5.74) is 6.74. The number of hydrogen-bond donors (Lipinski definition) is 3. The largest absolute Gasteiger partial charge is 0.366 e. The summed E-state index contributed by atoms with van der Waals surface area (Å²) in [6.45, 7) is 2.72. The van der Waals surface area contributed by atoms with Crippen molar-refractivity contribution >= 4 is 17.3 Å². The minimum absolute atomic E-state index is 0.103. The van der Waals surface area contributed by atoms with E-state index < -0.39 is 0 Å². The van der Waals surface area contributed by atoms with Crippen molar-refractivity contribution in [2.24, 2.45) is 5.73 Å². The molecule has 6 nitrogen and oxygen atoms in total. The van der Waals surface area contributed by atoms with Crippen LogP contribution in [-0.4, -0.2) is 34.6 Å². The van der Waals surface area contributed by atoms with Crippen LogP contribution in [0.4, 0.5) is 17.3 Å². The van der Waals surface area contributed by atoms with Crippen molar-refractivity contribution in [1.82, 2.24) is 15.0 Å². The summed E-state index contributed by atoms with van der Waals surface area (Å²) in [7, 11) is 1.96. The summed E-state index contributed by atoms with van der Waals surface area (Å²) in [6.07, 6.45) is 5.27. The summed E-state index contributed by atoms with van der Waals surface area (Å²) in [5.74, 6) is 1.61. The van der Waals surface area contributed by atoms with Crippen molar-refractivity contribution < 1.29 is 0 Å². The fourth-order valence-corrected chi connectivity index (χ4v) is 1.70. The van der Waals surface area contributed by atoms with Gasteiger partial charge in [0, 0.05) is 38.1 Å². The minimum Gasteiger partial charge on any atom is -0.366 e. The van der Waals surface area contributed by atoms with E-state index in [2.05, 4.69) is 20.3 Å². The number of nitrogens with one attached hydrogen (secondary N) is 2. The zero-order chi connectivity index (χ0) is 13.0. The van der Waals surface area contributed by atoms with E-state index in [1.807, 2.05) is 43.4 Å². The van der Waals surface area contributed by atoms with Crippen LogP contribution in [0.2, 0.25) is 0 Å². The average molecular weight is 246 g/mol. The average Bonchev–Trinajstić information content (AvgIpc) is 2.81. The van der Waals surface area contributed by atoms with Gasteiger partial charge in [0.15, 0.2) is 0 Å². The molecule has 2 aromatic rings. The minimum atomic E-state index is 0.103. The molecule has 2 rings (SSSR count). The second kappa shape index (κ2) is 5.50. The summed E-state index contributed by atoms with van der Waals surface area (Å²) in [4.78, 5) is 13.4. The Morgan fingerprint density at radius 3 is 3.00 bits per heavy atom. The van der Waals surface area contributed by atoms with Crippen molar-refractivity contribution in [2.75, 3.05) is 23.8 Å². The molecule has 0 aliphatic rings. The summed E-state index contributed by atoms with van der Waals surface area (Å²) < 4.78 is 0. The normalized spacial score (nSPS) is 12.2. The summed E-state index contributed by atoms with van der Waals surface area (Å²) in [5, 5.41) is 3.19. The molecule has 1 atom stereocenters. The second-order valence-corrected chi connectivity index (χ2v) is 4.34. The molecule has 6 heteroatoms. The van der Waals surface area contributed by atoms with E-state index in [0.29, 0.717) is 0 Å². The van der Waals surface area contributed by atoms with Gasteiger partial charge in [0.1, 0.15) is 18.0 Å². The van der Waals surface area contributed by atoms with Gasteiger partial charge in [0.25, 0.3) is 0 Å². The van der Waals surface area contributed by atoms with Gasteiger partial charge in [-0.25, -0.2) is 9.97 Å². The smallest absolute Gasteiger partial charge is 0.135 e. The molecule has 0 bridgehead atoms. The molecule has 2 aromatic heterocycles. The van der Waals surface area contributed by atoms with Crippen LogP contribution in [0.3, 0.4) is 0 Å². The maximum atomic E-state index is 5.77. The van der Waals surface area contributed by atoms with Gasteiger partial charge < -0.3 is 20.9 Å². The maximum absolute atomic E-state index is 5.77. The van der Waals surface area contributed by atoms with Crippen LogP contribution >= 0.6 is 0 Å². The van der Waals surface area contributed by atoms with E-state index in [-0.39, 0.29) is 6.04 Å². The van der Waals surface area contributed by atoms with E-state index in [1.54, 1.807) is 6.33 Å². The number of hydrogen-bond acceptors (Lipinski definition) is 5. The van der Waals surface area contributed by atoms with Crippen molar-refractivity contribution in [3.8, 4) is 0 Å². The molecule has 18 heavy (non-hydrogen) atoms. The lowest BCUT2D eigenvalue weighted by Gasteiger charge is -2.20.